The number of carbonyl (C=O) groups is 2. The van der Waals surface area contributed by atoms with Gasteiger partial charge in [0.1, 0.15) is 5.60 Å². The summed E-state index contributed by atoms with van der Waals surface area (Å²) in [5.41, 5.74) is 1.18. The third-order valence-corrected chi connectivity index (χ3v) is 4.97. The highest BCUT2D eigenvalue weighted by Gasteiger charge is 2.26. The smallest absolute Gasteiger partial charge is 0.416 e. The Hall–Kier alpha value is -2.41. The van der Waals surface area contributed by atoms with Gasteiger partial charge in [0.2, 0.25) is 0 Å². The summed E-state index contributed by atoms with van der Waals surface area (Å²) < 4.78 is 5.33. The maximum absolute atomic E-state index is 12.3. The molecule has 2 aromatic rings. The van der Waals surface area contributed by atoms with Gasteiger partial charge in [0.15, 0.2) is 10.8 Å². The Bertz CT molecular complexity index is 842. The van der Waals surface area contributed by atoms with Gasteiger partial charge < -0.3 is 9.84 Å². The average molecular weight is 391 g/mol. The van der Waals surface area contributed by atoms with Crippen molar-refractivity contribution in [2.75, 3.05) is 11.9 Å². The maximum atomic E-state index is 12.3. The van der Waals surface area contributed by atoms with E-state index in [1.807, 2.05) is 24.3 Å². The number of ether oxygens (including phenoxy) is 1. The quantitative estimate of drug-likeness (QED) is 0.781. The van der Waals surface area contributed by atoms with Crippen molar-refractivity contribution in [1.82, 2.24) is 4.98 Å². The summed E-state index contributed by atoms with van der Waals surface area (Å²) in [5.74, 6) is -1.13. The second kappa shape index (κ2) is 7.31. The summed E-state index contributed by atoms with van der Waals surface area (Å²) in [6, 6.07) is 7.74. The molecule has 146 valence electrons. The number of aromatic nitrogens is 1. The molecular weight excluding hydrogens is 364 g/mol. The number of carbonyl (C=O) groups excluding carboxylic acids is 1. The van der Waals surface area contributed by atoms with Gasteiger partial charge in [-0.3, -0.25) is 4.90 Å². The first kappa shape index (κ1) is 20.9. The van der Waals surface area contributed by atoms with E-state index in [0.717, 1.165) is 22.5 Å². The van der Waals surface area contributed by atoms with Crippen LogP contribution in [0.25, 0.3) is 10.4 Å². The number of rotatable bonds is 3. The van der Waals surface area contributed by atoms with Gasteiger partial charge in [-0.25, -0.2) is 14.6 Å². The molecule has 1 aromatic heterocycles. The van der Waals surface area contributed by atoms with E-state index in [-0.39, 0.29) is 16.2 Å². The number of anilines is 1. The molecule has 0 radical (unpaired) electrons. The molecule has 0 unspecified atom stereocenters. The van der Waals surface area contributed by atoms with Crippen molar-refractivity contribution < 1.29 is 19.4 Å². The standard InChI is InChI=1S/C20H26N2O4S/c1-19(2,3)13-10-8-12(9-11-13)15-14(16(23)24)21-17(27-15)22(7)18(25)26-20(4,5)6/h8-11H,1-7H3,(H,23,24). The summed E-state index contributed by atoms with van der Waals surface area (Å²) in [6.45, 7) is 11.7. The van der Waals surface area contributed by atoms with Gasteiger partial charge in [-0.2, -0.15) is 0 Å². The highest BCUT2D eigenvalue weighted by molar-refractivity contribution is 7.19. The molecule has 6 nitrogen and oxygen atoms in total. The van der Waals surface area contributed by atoms with Crippen LogP contribution in [0.3, 0.4) is 0 Å². The zero-order valence-electron chi connectivity index (χ0n) is 16.8. The third kappa shape index (κ3) is 5.07. The van der Waals surface area contributed by atoms with Gasteiger partial charge >= 0.3 is 12.1 Å². The number of benzene rings is 1. The lowest BCUT2D eigenvalue weighted by molar-refractivity contribution is 0.0587. The van der Waals surface area contributed by atoms with E-state index in [1.54, 1.807) is 20.8 Å². The fraction of sp³-hybridized carbons (Fsp3) is 0.450. The van der Waals surface area contributed by atoms with E-state index in [9.17, 15) is 14.7 Å². The van der Waals surface area contributed by atoms with Crippen LogP contribution < -0.4 is 4.90 Å². The average Bonchev–Trinajstić information content (AvgIpc) is 2.97. The van der Waals surface area contributed by atoms with E-state index in [4.69, 9.17) is 4.74 Å². The second-order valence-corrected chi connectivity index (χ2v) is 9.32. The van der Waals surface area contributed by atoms with Crippen LogP contribution in [-0.2, 0) is 10.2 Å². The fourth-order valence-electron chi connectivity index (χ4n) is 2.32. The Labute approximate surface area is 163 Å². The molecular formula is C20H26N2O4S. The van der Waals surface area contributed by atoms with Crippen LogP contribution in [0.2, 0.25) is 0 Å². The molecule has 0 aliphatic rings. The Morgan fingerprint density at radius 3 is 2.07 bits per heavy atom. The molecule has 0 atom stereocenters. The minimum Gasteiger partial charge on any atom is -0.476 e. The van der Waals surface area contributed by atoms with Crippen molar-refractivity contribution in [3.05, 3.63) is 35.5 Å². The molecule has 0 saturated carbocycles. The summed E-state index contributed by atoms with van der Waals surface area (Å²) in [4.78, 5) is 29.8. The lowest BCUT2D eigenvalue weighted by atomic mass is 9.86. The molecule has 1 amide bonds. The minimum absolute atomic E-state index is 0.00392. The van der Waals surface area contributed by atoms with Crippen LogP contribution in [0.5, 0.6) is 0 Å². The van der Waals surface area contributed by atoms with Gasteiger partial charge in [-0.15, -0.1) is 0 Å². The molecule has 0 saturated heterocycles. The second-order valence-electron chi connectivity index (χ2n) is 8.35. The van der Waals surface area contributed by atoms with Crippen molar-refractivity contribution in [3.63, 3.8) is 0 Å². The zero-order valence-corrected chi connectivity index (χ0v) is 17.6. The van der Waals surface area contributed by atoms with Crippen molar-refractivity contribution >= 4 is 28.5 Å². The Balaban J connectivity index is 2.41. The van der Waals surface area contributed by atoms with Crippen molar-refractivity contribution in [2.45, 2.75) is 52.6 Å². The molecule has 2 rings (SSSR count). The Morgan fingerprint density at radius 2 is 1.63 bits per heavy atom. The molecule has 0 spiro atoms. The summed E-state index contributed by atoms with van der Waals surface area (Å²) in [6.07, 6.45) is -0.581. The number of hydrogen-bond acceptors (Lipinski definition) is 5. The predicted molar refractivity (Wildman–Crippen MR) is 108 cm³/mol. The van der Waals surface area contributed by atoms with E-state index in [0.29, 0.717) is 4.88 Å². The van der Waals surface area contributed by atoms with Gasteiger partial charge in [-0.1, -0.05) is 56.4 Å². The largest absolute Gasteiger partial charge is 0.476 e. The van der Waals surface area contributed by atoms with Crippen LogP contribution in [0.15, 0.2) is 24.3 Å². The molecule has 7 heteroatoms. The van der Waals surface area contributed by atoms with Crippen LogP contribution in [0, 0.1) is 0 Å². The Morgan fingerprint density at radius 1 is 1.07 bits per heavy atom. The number of carboxylic acids is 1. The summed E-state index contributed by atoms with van der Waals surface area (Å²) >= 11 is 1.15. The zero-order chi connectivity index (χ0) is 20.6. The monoisotopic (exact) mass is 390 g/mol. The van der Waals surface area contributed by atoms with Crippen molar-refractivity contribution in [3.8, 4) is 10.4 Å². The predicted octanol–water partition coefficient (Wildman–Crippen LogP) is 5.18. The van der Waals surface area contributed by atoms with Crippen LogP contribution >= 0.6 is 11.3 Å². The number of hydrogen-bond donors (Lipinski definition) is 1. The van der Waals surface area contributed by atoms with Crippen LogP contribution in [0.4, 0.5) is 9.93 Å². The first-order valence-corrected chi connectivity index (χ1v) is 9.43. The Kier molecular flexibility index (Phi) is 5.65. The van der Waals surface area contributed by atoms with Gasteiger partial charge in [0.05, 0.1) is 4.88 Å². The fourth-order valence-corrected chi connectivity index (χ4v) is 3.34. The minimum atomic E-state index is -1.13. The molecule has 27 heavy (non-hydrogen) atoms. The molecule has 0 aliphatic carbocycles. The molecule has 1 heterocycles. The summed E-state index contributed by atoms with van der Waals surface area (Å²) in [7, 11) is 1.52. The van der Waals surface area contributed by atoms with Crippen LogP contribution in [0.1, 0.15) is 57.6 Å². The van der Waals surface area contributed by atoms with E-state index in [1.165, 1.54) is 11.9 Å². The highest BCUT2D eigenvalue weighted by atomic mass is 32.1. The SMILES string of the molecule is CN(C(=O)OC(C)(C)C)c1nc(C(=O)O)c(-c2ccc(C(C)(C)C)cc2)s1. The first-order valence-electron chi connectivity index (χ1n) is 8.61. The van der Waals surface area contributed by atoms with Crippen molar-refractivity contribution in [2.24, 2.45) is 0 Å². The molecule has 1 aromatic carbocycles. The van der Waals surface area contributed by atoms with Gasteiger partial charge in [0.25, 0.3) is 0 Å². The lowest BCUT2D eigenvalue weighted by Gasteiger charge is -2.23. The number of amides is 1. The van der Waals surface area contributed by atoms with Crippen molar-refractivity contribution in [1.29, 1.82) is 0 Å². The normalized spacial score (nSPS) is 12.0. The molecule has 0 fully saturated rings. The number of carboxylic acid groups (broad SMARTS) is 1. The maximum Gasteiger partial charge on any atom is 0.416 e. The van der Waals surface area contributed by atoms with Crippen LogP contribution in [-0.4, -0.2) is 34.8 Å². The highest BCUT2D eigenvalue weighted by Crippen LogP contribution is 2.36. The number of aromatic carboxylic acids is 1. The van der Waals surface area contributed by atoms with E-state index in [2.05, 4.69) is 25.8 Å². The molecule has 0 aliphatic heterocycles. The topological polar surface area (TPSA) is 79.7 Å². The van der Waals surface area contributed by atoms with Gasteiger partial charge in [0, 0.05) is 7.05 Å². The lowest BCUT2D eigenvalue weighted by Crippen LogP contribution is -2.34. The number of nitrogens with zero attached hydrogens (tertiary/aromatic N) is 2. The van der Waals surface area contributed by atoms with E-state index >= 15 is 0 Å². The molecule has 0 bridgehead atoms. The van der Waals surface area contributed by atoms with Gasteiger partial charge in [-0.05, 0) is 37.3 Å². The first-order chi connectivity index (χ1) is 12.3. The number of thiazole rings is 1. The van der Waals surface area contributed by atoms with E-state index < -0.39 is 17.7 Å². The third-order valence-electron chi connectivity index (χ3n) is 3.79. The molecule has 1 N–H and O–H groups in total. The summed E-state index contributed by atoms with van der Waals surface area (Å²) in [5, 5.41) is 9.82.